The lowest BCUT2D eigenvalue weighted by molar-refractivity contribution is -0.126. The molecule has 24 heavy (non-hydrogen) atoms. The van der Waals surface area contributed by atoms with Gasteiger partial charge in [-0.05, 0) is 61.2 Å². The van der Waals surface area contributed by atoms with Crippen LogP contribution in [0.1, 0.15) is 24.8 Å². The predicted molar refractivity (Wildman–Crippen MR) is 96.3 cm³/mol. The van der Waals surface area contributed by atoms with E-state index < -0.39 is 0 Å². The molecule has 0 spiro atoms. The van der Waals surface area contributed by atoms with E-state index in [0.717, 1.165) is 35.0 Å². The summed E-state index contributed by atoms with van der Waals surface area (Å²) in [6, 6.07) is 15.3. The summed E-state index contributed by atoms with van der Waals surface area (Å²) in [6.07, 6.45) is 3.03. The molecule has 4 nitrogen and oxygen atoms in total. The standard InChI is InChI=1S/C19H20BrNO3/c1-23-16-6-8-17(9-7-16)24-13-18(22)21-19(10-3-11-19)14-4-2-5-15(20)12-14/h2,4-9,12H,3,10-11,13H2,1H3,(H,21,22). The molecule has 2 aromatic rings. The van der Waals surface area contributed by atoms with Gasteiger partial charge in [0.15, 0.2) is 6.61 Å². The smallest absolute Gasteiger partial charge is 0.258 e. The summed E-state index contributed by atoms with van der Waals surface area (Å²) in [5, 5.41) is 3.16. The molecule has 0 aromatic heterocycles. The summed E-state index contributed by atoms with van der Waals surface area (Å²) < 4.78 is 11.7. The van der Waals surface area contributed by atoms with Crippen molar-refractivity contribution in [3.8, 4) is 11.5 Å². The van der Waals surface area contributed by atoms with E-state index in [4.69, 9.17) is 9.47 Å². The maximum absolute atomic E-state index is 12.3. The van der Waals surface area contributed by atoms with Crippen molar-refractivity contribution >= 4 is 21.8 Å². The minimum absolute atomic E-state index is 0.00207. The third kappa shape index (κ3) is 3.73. The Morgan fingerprint density at radius 3 is 2.46 bits per heavy atom. The number of halogens is 1. The first-order valence-corrected chi connectivity index (χ1v) is 8.74. The zero-order valence-electron chi connectivity index (χ0n) is 13.5. The molecule has 0 radical (unpaired) electrons. The van der Waals surface area contributed by atoms with Gasteiger partial charge in [0.2, 0.25) is 0 Å². The Morgan fingerprint density at radius 1 is 1.17 bits per heavy atom. The van der Waals surface area contributed by atoms with E-state index in [-0.39, 0.29) is 18.1 Å². The van der Waals surface area contributed by atoms with Gasteiger partial charge in [-0.15, -0.1) is 0 Å². The third-order valence-corrected chi connectivity index (χ3v) is 4.89. The molecule has 0 bridgehead atoms. The molecule has 3 rings (SSSR count). The van der Waals surface area contributed by atoms with E-state index in [1.54, 1.807) is 19.2 Å². The summed E-state index contributed by atoms with van der Waals surface area (Å²) in [5.74, 6) is 1.30. The van der Waals surface area contributed by atoms with Crippen molar-refractivity contribution < 1.29 is 14.3 Å². The average molecular weight is 390 g/mol. The first kappa shape index (κ1) is 16.8. The quantitative estimate of drug-likeness (QED) is 0.810. The molecule has 1 aliphatic carbocycles. The molecule has 126 valence electrons. The minimum Gasteiger partial charge on any atom is -0.497 e. The van der Waals surface area contributed by atoms with Gasteiger partial charge in [-0.2, -0.15) is 0 Å². The molecule has 0 unspecified atom stereocenters. The molecule has 1 N–H and O–H groups in total. The van der Waals surface area contributed by atoms with Crippen LogP contribution in [0.4, 0.5) is 0 Å². The molecular formula is C19H20BrNO3. The zero-order chi connectivity index (χ0) is 17.0. The molecule has 1 aliphatic rings. The van der Waals surface area contributed by atoms with Crippen LogP contribution in [-0.2, 0) is 10.3 Å². The van der Waals surface area contributed by atoms with Gasteiger partial charge in [-0.1, -0.05) is 28.1 Å². The van der Waals surface area contributed by atoms with E-state index in [0.29, 0.717) is 5.75 Å². The summed E-state index contributed by atoms with van der Waals surface area (Å²) >= 11 is 3.50. The first-order valence-electron chi connectivity index (χ1n) is 7.95. The molecule has 1 fully saturated rings. The monoisotopic (exact) mass is 389 g/mol. The van der Waals surface area contributed by atoms with Gasteiger partial charge in [0.1, 0.15) is 11.5 Å². The normalized spacial score (nSPS) is 15.2. The van der Waals surface area contributed by atoms with Crippen molar-refractivity contribution in [2.45, 2.75) is 24.8 Å². The van der Waals surface area contributed by atoms with E-state index in [2.05, 4.69) is 33.4 Å². The van der Waals surface area contributed by atoms with E-state index in [9.17, 15) is 4.79 Å². The Labute approximate surface area is 150 Å². The second-order valence-corrected chi connectivity index (χ2v) is 6.87. The highest BCUT2D eigenvalue weighted by atomic mass is 79.9. The molecule has 0 aliphatic heterocycles. The predicted octanol–water partition coefficient (Wildman–Crippen LogP) is 4.03. The molecule has 1 saturated carbocycles. The number of carbonyl (C=O) groups is 1. The highest BCUT2D eigenvalue weighted by molar-refractivity contribution is 9.10. The van der Waals surface area contributed by atoms with Crippen LogP contribution in [0.15, 0.2) is 53.0 Å². The van der Waals surface area contributed by atoms with Gasteiger partial charge < -0.3 is 14.8 Å². The lowest BCUT2D eigenvalue weighted by Crippen LogP contribution is -2.52. The van der Waals surface area contributed by atoms with Crippen LogP contribution in [0.3, 0.4) is 0 Å². The van der Waals surface area contributed by atoms with Crippen LogP contribution < -0.4 is 14.8 Å². The second kappa shape index (κ2) is 7.26. The van der Waals surface area contributed by atoms with Crippen LogP contribution in [0.2, 0.25) is 0 Å². The Balaban J connectivity index is 1.60. The Bertz CT molecular complexity index is 711. The van der Waals surface area contributed by atoms with Gasteiger partial charge in [-0.3, -0.25) is 4.79 Å². The number of benzene rings is 2. The minimum atomic E-state index is -0.260. The molecule has 2 aromatic carbocycles. The number of ether oxygens (including phenoxy) is 2. The average Bonchev–Trinajstić information content (AvgIpc) is 2.56. The number of methoxy groups -OCH3 is 1. The number of hydrogen-bond acceptors (Lipinski definition) is 3. The van der Waals surface area contributed by atoms with Gasteiger partial charge in [0, 0.05) is 4.47 Å². The Hall–Kier alpha value is -2.01. The fourth-order valence-electron chi connectivity index (χ4n) is 2.93. The van der Waals surface area contributed by atoms with Crippen molar-refractivity contribution in [1.29, 1.82) is 0 Å². The van der Waals surface area contributed by atoms with E-state index in [1.165, 1.54) is 0 Å². The van der Waals surface area contributed by atoms with Crippen LogP contribution in [0.5, 0.6) is 11.5 Å². The highest BCUT2D eigenvalue weighted by Gasteiger charge is 2.40. The molecular weight excluding hydrogens is 370 g/mol. The lowest BCUT2D eigenvalue weighted by atomic mass is 9.72. The zero-order valence-corrected chi connectivity index (χ0v) is 15.1. The number of nitrogens with one attached hydrogen (secondary N) is 1. The topological polar surface area (TPSA) is 47.6 Å². The van der Waals surface area contributed by atoms with Gasteiger partial charge in [0.05, 0.1) is 12.6 Å². The third-order valence-electron chi connectivity index (χ3n) is 4.39. The summed E-state index contributed by atoms with van der Waals surface area (Å²) in [5.41, 5.74) is 0.880. The largest absolute Gasteiger partial charge is 0.497 e. The van der Waals surface area contributed by atoms with Crippen molar-refractivity contribution in [3.63, 3.8) is 0 Å². The first-order chi connectivity index (χ1) is 11.6. The molecule has 0 heterocycles. The SMILES string of the molecule is COc1ccc(OCC(=O)NC2(c3cccc(Br)c3)CCC2)cc1. The summed E-state index contributed by atoms with van der Waals surface area (Å²) in [4.78, 5) is 12.3. The van der Waals surface area contributed by atoms with Crippen LogP contribution >= 0.6 is 15.9 Å². The fourth-order valence-corrected chi connectivity index (χ4v) is 3.33. The van der Waals surface area contributed by atoms with E-state index >= 15 is 0 Å². The van der Waals surface area contributed by atoms with Gasteiger partial charge in [0.25, 0.3) is 5.91 Å². The maximum Gasteiger partial charge on any atom is 0.258 e. The lowest BCUT2D eigenvalue weighted by Gasteiger charge is -2.43. The number of hydrogen-bond donors (Lipinski definition) is 1. The van der Waals surface area contributed by atoms with Crippen molar-refractivity contribution in [2.24, 2.45) is 0 Å². The maximum atomic E-state index is 12.3. The summed E-state index contributed by atoms with van der Waals surface area (Å²) in [6.45, 7) is 0.00207. The second-order valence-electron chi connectivity index (χ2n) is 5.96. The highest BCUT2D eigenvalue weighted by Crippen LogP contribution is 2.41. The fraction of sp³-hybridized carbons (Fsp3) is 0.316. The van der Waals surface area contributed by atoms with E-state index in [1.807, 2.05) is 24.3 Å². The number of amides is 1. The van der Waals surface area contributed by atoms with Gasteiger partial charge >= 0.3 is 0 Å². The van der Waals surface area contributed by atoms with Crippen molar-refractivity contribution in [3.05, 3.63) is 58.6 Å². The number of rotatable bonds is 6. The molecule has 5 heteroatoms. The molecule has 1 amide bonds. The van der Waals surface area contributed by atoms with Crippen molar-refractivity contribution in [1.82, 2.24) is 5.32 Å². The molecule has 0 saturated heterocycles. The van der Waals surface area contributed by atoms with Crippen LogP contribution in [-0.4, -0.2) is 19.6 Å². The van der Waals surface area contributed by atoms with Crippen LogP contribution in [0, 0.1) is 0 Å². The van der Waals surface area contributed by atoms with Crippen molar-refractivity contribution in [2.75, 3.05) is 13.7 Å². The Kier molecular flexibility index (Phi) is 5.09. The molecule has 0 atom stereocenters. The van der Waals surface area contributed by atoms with Crippen LogP contribution in [0.25, 0.3) is 0 Å². The Morgan fingerprint density at radius 2 is 1.88 bits per heavy atom. The summed E-state index contributed by atoms with van der Waals surface area (Å²) in [7, 11) is 1.61. The van der Waals surface area contributed by atoms with Gasteiger partial charge in [-0.25, -0.2) is 0 Å². The number of carbonyl (C=O) groups excluding carboxylic acids is 1.